The predicted octanol–water partition coefficient (Wildman–Crippen LogP) is 4.23. The summed E-state index contributed by atoms with van der Waals surface area (Å²) >= 11 is 0. The number of carboxylic acids is 1. The van der Waals surface area contributed by atoms with E-state index in [1.54, 1.807) is 6.07 Å². The molecule has 0 saturated heterocycles. The highest BCUT2D eigenvalue weighted by molar-refractivity contribution is 7.92. The van der Waals surface area contributed by atoms with E-state index in [2.05, 4.69) is 32.7 Å². The third kappa shape index (κ3) is 3.51. The number of carboxylic acid groups (broad SMARTS) is 1. The number of aromatic nitrogens is 1. The second-order valence-corrected chi connectivity index (χ2v) is 10.6. The monoisotopic (exact) mass is 402 g/mol. The van der Waals surface area contributed by atoms with Crippen LogP contribution in [-0.2, 0) is 20.9 Å². The number of sulfonamides is 1. The second kappa shape index (κ2) is 6.58. The molecular formula is C21H26N2O4S. The number of nitrogens with zero attached hydrogens (tertiary/aromatic N) is 2. The maximum atomic E-state index is 12.7. The number of anilines is 2. The number of aromatic carboxylic acids is 1. The minimum Gasteiger partial charge on any atom is -0.478 e. The Morgan fingerprint density at radius 3 is 2.25 bits per heavy atom. The van der Waals surface area contributed by atoms with Crippen LogP contribution in [0.3, 0.4) is 0 Å². The normalized spacial score (nSPS) is 17.6. The van der Waals surface area contributed by atoms with Crippen LogP contribution in [0.1, 0.15) is 62.0 Å². The Bertz CT molecular complexity index is 1040. The summed E-state index contributed by atoms with van der Waals surface area (Å²) in [7, 11) is -3.78. The number of carbonyl (C=O) groups is 1. The van der Waals surface area contributed by atoms with Crippen LogP contribution >= 0.6 is 0 Å². The van der Waals surface area contributed by atoms with Gasteiger partial charge < -0.3 is 5.11 Å². The van der Waals surface area contributed by atoms with Crippen LogP contribution in [0.25, 0.3) is 0 Å². The van der Waals surface area contributed by atoms with E-state index in [9.17, 15) is 18.3 Å². The highest BCUT2D eigenvalue weighted by Gasteiger charge is 2.38. The molecule has 1 aromatic heterocycles. The number of benzene rings is 1. The molecular weight excluding hydrogens is 376 g/mol. The van der Waals surface area contributed by atoms with Gasteiger partial charge in [-0.2, -0.15) is 0 Å². The van der Waals surface area contributed by atoms with Gasteiger partial charge in [0.1, 0.15) is 5.56 Å². The van der Waals surface area contributed by atoms with Crippen molar-refractivity contribution in [3.8, 4) is 0 Å². The molecule has 1 heterocycles. The van der Waals surface area contributed by atoms with Gasteiger partial charge in [0.25, 0.3) is 0 Å². The minimum atomic E-state index is -3.78. The first kappa shape index (κ1) is 20.3. The number of hydrogen-bond acceptors (Lipinski definition) is 4. The molecule has 0 fully saturated rings. The van der Waals surface area contributed by atoms with Crippen LogP contribution in [0.2, 0.25) is 0 Å². The largest absolute Gasteiger partial charge is 0.478 e. The zero-order chi connectivity index (χ0) is 20.9. The molecule has 1 aliphatic carbocycles. The topological polar surface area (TPSA) is 87.6 Å². The van der Waals surface area contributed by atoms with Gasteiger partial charge in [-0.1, -0.05) is 33.8 Å². The number of fused-ring (bicyclic) bond motifs is 1. The van der Waals surface area contributed by atoms with Crippen molar-refractivity contribution in [2.45, 2.75) is 51.4 Å². The van der Waals surface area contributed by atoms with E-state index in [1.807, 2.05) is 12.1 Å². The molecule has 0 amide bonds. The molecule has 0 bridgehead atoms. The molecule has 150 valence electrons. The lowest BCUT2D eigenvalue weighted by molar-refractivity contribution is 0.0697. The molecule has 2 aromatic rings. The molecule has 0 radical (unpaired) electrons. The van der Waals surface area contributed by atoms with Gasteiger partial charge in [-0.25, -0.2) is 17.5 Å². The quantitative estimate of drug-likeness (QED) is 0.827. The van der Waals surface area contributed by atoms with Crippen LogP contribution in [-0.4, -0.2) is 30.7 Å². The summed E-state index contributed by atoms with van der Waals surface area (Å²) in [5, 5.41) is 9.51. The third-order valence-electron chi connectivity index (χ3n) is 5.65. The Balaban J connectivity index is 2.27. The van der Waals surface area contributed by atoms with Crippen molar-refractivity contribution in [1.82, 2.24) is 4.98 Å². The molecule has 0 atom stereocenters. The van der Waals surface area contributed by atoms with Gasteiger partial charge >= 0.3 is 5.97 Å². The van der Waals surface area contributed by atoms with Crippen LogP contribution in [0, 0.1) is 0 Å². The van der Waals surface area contributed by atoms with Gasteiger partial charge in [-0.05, 0) is 53.0 Å². The Labute approximate surface area is 166 Å². The van der Waals surface area contributed by atoms with Gasteiger partial charge in [0.05, 0.1) is 17.6 Å². The van der Waals surface area contributed by atoms with E-state index in [1.165, 1.54) is 24.0 Å². The van der Waals surface area contributed by atoms with Gasteiger partial charge in [0.2, 0.25) is 10.0 Å². The van der Waals surface area contributed by atoms with Crippen molar-refractivity contribution in [2.75, 3.05) is 10.6 Å². The Kier molecular flexibility index (Phi) is 4.78. The van der Waals surface area contributed by atoms with Crippen molar-refractivity contribution in [3.63, 3.8) is 0 Å². The summed E-state index contributed by atoms with van der Waals surface area (Å²) < 4.78 is 26.4. The van der Waals surface area contributed by atoms with Crippen molar-refractivity contribution in [2.24, 2.45) is 0 Å². The summed E-state index contributed by atoms with van der Waals surface area (Å²) in [5.41, 5.74) is 2.55. The first-order chi connectivity index (χ1) is 12.8. The Hall–Kier alpha value is -2.41. The van der Waals surface area contributed by atoms with Gasteiger partial charge in [0.15, 0.2) is 0 Å². The molecule has 1 aromatic carbocycles. The smallest absolute Gasteiger partial charge is 0.339 e. The fourth-order valence-corrected chi connectivity index (χ4v) is 4.95. The number of rotatable bonds is 4. The van der Waals surface area contributed by atoms with Crippen LogP contribution in [0.15, 0.2) is 36.7 Å². The molecule has 7 heteroatoms. The van der Waals surface area contributed by atoms with E-state index in [0.717, 1.165) is 29.0 Å². The van der Waals surface area contributed by atoms with E-state index in [0.29, 0.717) is 5.69 Å². The minimum absolute atomic E-state index is 0.00218. The zero-order valence-electron chi connectivity index (χ0n) is 16.9. The summed E-state index contributed by atoms with van der Waals surface area (Å²) in [5.74, 6) is -1.23. The molecule has 0 aliphatic heterocycles. The van der Waals surface area contributed by atoms with E-state index >= 15 is 0 Å². The summed E-state index contributed by atoms with van der Waals surface area (Å²) in [6.45, 7) is 8.70. The third-order valence-corrected chi connectivity index (χ3v) is 6.72. The highest BCUT2D eigenvalue weighted by Crippen LogP contribution is 2.47. The standard InChI is InChI=1S/C21H26N2O4S/c1-20(2)9-10-21(3,4)17-12-14(6-7-16(17)20)23(28(5,26)27)18-8-11-22-13-15(18)19(24)25/h6-8,11-13H,9-10H2,1-5H3,(H,24,25). The first-order valence-corrected chi connectivity index (χ1v) is 11.0. The summed E-state index contributed by atoms with van der Waals surface area (Å²) in [6.07, 6.45) is 5.68. The summed E-state index contributed by atoms with van der Waals surface area (Å²) in [4.78, 5) is 15.5. The Morgan fingerprint density at radius 2 is 1.68 bits per heavy atom. The molecule has 3 rings (SSSR count). The lowest BCUT2D eigenvalue weighted by Crippen LogP contribution is -2.34. The van der Waals surface area contributed by atoms with Crippen LogP contribution in [0.4, 0.5) is 11.4 Å². The van der Waals surface area contributed by atoms with Crippen molar-refractivity contribution >= 4 is 27.4 Å². The molecule has 6 nitrogen and oxygen atoms in total. The van der Waals surface area contributed by atoms with Crippen LogP contribution in [0.5, 0.6) is 0 Å². The molecule has 1 N–H and O–H groups in total. The molecule has 0 saturated carbocycles. The first-order valence-electron chi connectivity index (χ1n) is 9.17. The lowest BCUT2D eigenvalue weighted by atomic mass is 9.63. The second-order valence-electron chi connectivity index (χ2n) is 8.72. The predicted molar refractivity (Wildman–Crippen MR) is 110 cm³/mol. The fourth-order valence-electron chi connectivity index (χ4n) is 3.94. The van der Waals surface area contributed by atoms with Crippen LogP contribution < -0.4 is 4.31 Å². The van der Waals surface area contributed by atoms with Crippen molar-refractivity contribution < 1.29 is 18.3 Å². The van der Waals surface area contributed by atoms with Crippen molar-refractivity contribution in [1.29, 1.82) is 0 Å². The van der Waals surface area contributed by atoms with E-state index < -0.39 is 16.0 Å². The SMILES string of the molecule is CC1(C)CCC(C)(C)c2cc(N(c3ccncc3C(=O)O)S(C)(=O)=O)ccc21. The number of hydrogen-bond donors (Lipinski definition) is 1. The summed E-state index contributed by atoms with van der Waals surface area (Å²) in [6, 6.07) is 7.04. The molecule has 0 spiro atoms. The number of pyridine rings is 1. The average Bonchev–Trinajstić information content (AvgIpc) is 2.58. The van der Waals surface area contributed by atoms with Gasteiger partial charge in [-0.3, -0.25) is 4.98 Å². The molecule has 28 heavy (non-hydrogen) atoms. The molecule has 0 unspecified atom stereocenters. The van der Waals surface area contributed by atoms with Gasteiger partial charge in [0, 0.05) is 12.4 Å². The average molecular weight is 403 g/mol. The van der Waals surface area contributed by atoms with E-state index in [4.69, 9.17) is 0 Å². The maximum absolute atomic E-state index is 12.7. The maximum Gasteiger partial charge on any atom is 0.339 e. The van der Waals surface area contributed by atoms with Crippen molar-refractivity contribution in [3.05, 3.63) is 53.3 Å². The zero-order valence-corrected chi connectivity index (χ0v) is 17.7. The van der Waals surface area contributed by atoms with E-state index in [-0.39, 0.29) is 22.1 Å². The van der Waals surface area contributed by atoms with Gasteiger partial charge in [-0.15, -0.1) is 0 Å². The Morgan fingerprint density at radius 1 is 1.07 bits per heavy atom. The highest BCUT2D eigenvalue weighted by atomic mass is 32.2. The lowest BCUT2D eigenvalue weighted by Gasteiger charge is -2.42. The molecule has 1 aliphatic rings. The fraction of sp³-hybridized carbons (Fsp3) is 0.429.